The number of anilines is 1. The fourth-order valence-corrected chi connectivity index (χ4v) is 3.55. The predicted octanol–water partition coefficient (Wildman–Crippen LogP) is 4.34. The van der Waals surface area contributed by atoms with Crippen molar-refractivity contribution in [3.63, 3.8) is 0 Å². The Kier molecular flexibility index (Phi) is 4.37. The Morgan fingerprint density at radius 3 is 2.52 bits per heavy atom. The third-order valence-electron chi connectivity index (χ3n) is 4.50. The molecule has 2 aromatic carbocycles. The standard InChI is InChI=1S/C20H25NO4/c1-12-17-16(14-8-6-7-9-15(14)18(12)22)13(11-24-5)10-21(17)19(23)25-20(2,3)4/h6-9,13,22H,10-11H2,1-5H3/t13-/m0/s1. The second-order valence-corrected chi connectivity index (χ2v) is 7.52. The van der Waals surface area contributed by atoms with E-state index >= 15 is 0 Å². The number of amides is 1. The summed E-state index contributed by atoms with van der Waals surface area (Å²) < 4.78 is 11.0. The molecule has 0 unspecified atom stereocenters. The number of aromatic hydroxyl groups is 1. The van der Waals surface area contributed by atoms with Gasteiger partial charge < -0.3 is 14.6 Å². The van der Waals surface area contributed by atoms with Gasteiger partial charge in [-0.05, 0) is 38.6 Å². The molecule has 0 bridgehead atoms. The van der Waals surface area contributed by atoms with Gasteiger partial charge in [-0.2, -0.15) is 0 Å². The summed E-state index contributed by atoms with van der Waals surface area (Å²) in [5.41, 5.74) is 1.90. The van der Waals surface area contributed by atoms with E-state index in [1.807, 2.05) is 52.0 Å². The van der Waals surface area contributed by atoms with Gasteiger partial charge >= 0.3 is 6.09 Å². The molecule has 2 aromatic rings. The Bertz CT molecular complexity index is 823. The smallest absolute Gasteiger partial charge is 0.414 e. The van der Waals surface area contributed by atoms with Crippen molar-refractivity contribution in [3.05, 3.63) is 35.4 Å². The summed E-state index contributed by atoms with van der Waals surface area (Å²) in [7, 11) is 1.66. The molecule has 25 heavy (non-hydrogen) atoms. The molecule has 1 aliphatic rings. The van der Waals surface area contributed by atoms with Gasteiger partial charge in [-0.1, -0.05) is 24.3 Å². The van der Waals surface area contributed by atoms with Crippen LogP contribution < -0.4 is 4.90 Å². The van der Waals surface area contributed by atoms with Gasteiger partial charge in [-0.3, -0.25) is 4.90 Å². The van der Waals surface area contributed by atoms with Gasteiger partial charge in [0.25, 0.3) is 0 Å². The number of phenols is 1. The van der Waals surface area contributed by atoms with E-state index in [0.717, 1.165) is 22.0 Å². The Labute approximate surface area is 148 Å². The van der Waals surface area contributed by atoms with Gasteiger partial charge in [0, 0.05) is 30.5 Å². The molecule has 1 heterocycles. The van der Waals surface area contributed by atoms with Crippen molar-refractivity contribution in [2.75, 3.05) is 25.2 Å². The third kappa shape index (κ3) is 3.04. The van der Waals surface area contributed by atoms with Crippen molar-refractivity contribution < 1.29 is 19.4 Å². The normalized spacial score (nSPS) is 17.0. The van der Waals surface area contributed by atoms with Crippen LogP contribution in [0.4, 0.5) is 10.5 Å². The van der Waals surface area contributed by atoms with E-state index in [1.54, 1.807) is 12.0 Å². The number of phenolic OH excluding ortho intramolecular Hbond substituents is 1. The minimum Gasteiger partial charge on any atom is -0.507 e. The zero-order valence-electron chi connectivity index (χ0n) is 15.4. The van der Waals surface area contributed by atoms with Crippen LogP contribution in [0.2, 0.25) is 0 Å². The SMILES string of the molecule is COC[C@@H]1CN(C(=O)OC(C)(C)C)c2c(C)c(O)c3ccccc3c21. The van der Waals surface area contributed by atoms with Crippen molar-refractivity contribution in [2.45, 2.75) is 39.2 Å². The molecule has 0 spiro atoms. The quantitative estimate of drug-likeness (QED) is 0.881. The minimum atomic E-state index is -0.580. The van der Waals surface area contributed by atoms with Gasteiger partial charge in [0.05, 0.1) is 12.3 Å². The first-order valence-corrected chi connectivity index (χ1v) is 8.48. The van der Waals surface area contributed by atoms with Crippen LogP contribution in [0.15, 0.2) is 24.3 Å². The second-order valence-electron chi connectivity index (χ2n) is 7.52. The Balaban J connectivity index is 2.20. The van der Waals surface area contributed by atoms with Crippen molar-refractivity contribution in [1.29, 1.82) is 0 Å². The molecule has 0 saturated heterocycles. The van der Waals surface area contributed by atoms with E-state index in [4.69, 9.17) is 9.47 Å². The molecule has 1 aliphatic heterocycles. The molecule has 5 nitrogen and oxygen atoms in total. The lowest BCUT2D eigenvalue weighted by Gasteiger charge is -2.26. The molecule has 1 N–H and O–H groups in total. The van der Waals surface area contributed by atoms with Crippen LogP contribution >= 0.6 is 0 Å². The topological polar surface area (TPSA) is 59.0 Å². The number of carbonyl (C=O) groups excluding carboxylic acids is 1. The summed E-state index contributed by atoms with van der Waals surface area (Å²) in [6.07, 6.45) is -0.398. The molecule has 0 radical (unpaired) electrons. The maximum absolute atomic E-state index is 12.8. The minimum absolute atomic E-state index is 0.0386. The molecule has 0 aliphatic carbocycles. The lowest BCUT2D eigenvalue weighted by molar-refractivity contribution is 0.0579. The number of hydrogen-bond acceptors (Lipinski definition) is 4. The Morgan fingerprint density at radius 2 is 1.92 bits per heavy atom. The van der Waals surface area contributed by atoms with E-state index in [-0.39, 0.29) is 11.7 Å². The van der Waals surface area contributed by atoms with Gasteiger partial charge in [-0.25, -0.2) is 4.79 Å². The van der Waals surface area contributed by atoms with Crippen LogP contribution in [-0.2, 0) is 9.47 Å². The summed E-state index contributed by atoms with van der Waals surface area (Å²) in [6, 6.07) is 7.73. The highest BCUT2D eigenvalue weighted by Crippen LogP contribution is 2.48. The number of nitrogens with zero attached hydrogens (tertiary/aromatic N) is 1. The highest BCUT2D eigenvalue weighted by Gasteiger charge is 2.38. The predicted molar refractivity (Wildman–Crippen MR) is 98.5 cm³/mol. The average molecular weight is 343 g/mol. The molecule has 0 saturated carbocycles. The fraction of sp³-hybridized carbons (Fsp3) is 0.450. The number of hydrogen-bond donors (Lipinski definition) is 1. The molecule has 1 atom stereocenters. The molecule has 0 aromatic heterocycles. The summed E-state index contributed by atoms with van der Waals surface area (Å²) in [4.78, 5) is 14.4. The molecular weight excluding hydrogens is 318 g/mol. The molecule has 3 rings (SSSR count). The van der Waals surface area contributed by atoms with Crippen LogP contribution in [-0.4, -0.2) is 37.1 Å². The number of fused-ring (bicyclic) bond motifs is 3. The van der Waals surface area contributed by atoms with Crippen LogP contribution in [0.3, 0.4) is 0 Å². The van der Waals surface area contributed by atoms with E-state index in [2.05, 4.69) is 0 Å². The number of carbonyl (C=O) groups is 1. The molecule has 134 valence electrons. The summed E-state index contributed by atoms with van der Waals surface area (Å²) in [6.45, 7) is 8.36. The molecule has 1 amide bonds. The highest BCUT2D eigenvalue weighted by molar-refractivity contribution is 6.03. The monoisotopic (exact) mass is 343 g/mol. The number of methoxy groups -OCH3 is 1. The number of benzene rings is 2. The zero-order chi connectivity index (χ0) is 18.4. The summed E-state index contributed by atoms with van der Waals surface area (Å²) >= 11 is 0. The number of ether oxygens (including phenoxy) is 2. The number of rotatable bonds is 2. The van der Waals surface area contributed by atoms with Crippen LogP contribution in [0.25, 0.3) is 10.8 Å². The molecule has 5 heteroatoms. The first kappa shape index (κ1) is 17.5. The van der Waals surface area contributed by atoms with Gasteiger partial charge in [0.1, 0.15) is 11.4 Å². The van der Waals surface area contributed by atoms with Crippen molar-refractivity contribution in [2.24, 2.45) is 0 Å². The van der Waals surface area contributed by atoms with E-state index in [0.29, 0.717) is 18.7 Å². The molecular formula is C20H25NO4. The summed E-state index contributed by atoms with van der Waals surface area (Å²) in [5, 5.41) is 12.4. The maximum Gasteiger partial charge on any atom is 0.414 e. The molecule has 0 fully saturated rings. The zero-order valence-corrected chi connectivity index (χ0v) is 15.4. The largest absolute Gasteiger partial charge is 0.507 e. The van der Waals surface area contributed by atoms with Crippen molar-refractivity contribution in [3.8, 4) is 5.75 Å². The van der Waals surface area contributed by atoms with Gasteiger partial charge in [-0.15, -0.1) is 0 Å². The van der Waals surface area contributed by atoms with E-state index in [1.165, 1.54) is 0 Å². The Morgan fingerprint density at radius 1 is 1.28 bits per heavy atom. The average Bonchev–Trinajstić information content (AvgIpc) is 2.91. The summed E-state index contributed by atoms with van der Waals surface area (Å²) in [5.74, 6) is 0.248. The van der Waals surface area contributed by atoms with Crippen LogP contribution in [0.5, 0.6) is 5.75 Å². The lowest BCUT2D eigenvalue weighted by atomic mass is 9.92. The van der Waals surface area contributed by atoms with E-state index < -0.39 is 11.7 Å². The highest BCUT2D eigenvalue weighted by atomic mass is 16.6. The lowest BCUT2D eigenvalue weighted by Crippen LogP contribution is -2.36. The Hall–Kier alpha value is -2.27. The third-order valence-corrected chi connectivity index (χ3v) is 4.50. The fourth-order valence-electron chi connectivity index (χ4n) is 3.55. The maximum atomic E-state index is 12.8. The van der Waals surface area contributed by atoms with Crippen molar-refractivity contribution >= 4 is 22.6 Å². The van der Waals surface area contributed by atoms with Crippen molar-refractivity contribution in [1.82, 2.24) is 0 Å². The van der Waals surface area contributed by atoms with Gasteiger partial charge in [0.2, 0.25) is 0 Å². The van der Waals surface area contributed by atoms with Crippen LogP contribution in [0.1, 0.15) is 37.8 Å². The second kappa shape index (κ2) is 6.23. The first-order chi connectivity index (χ1) is 11.7. The van der Waals surface area contributed by atoms with E-state index in [9.17, 15) is 9.90 Å². The van der Waals surface area contributed by atoms with Crippen LogP contribution in [0, 0.1) is 6.92 Å². The van der Waals surface area contributed by atoms with Gasteiger partial charge in [0.15, 0.2) is 0 Å². The first-order valence-electron chi connectivity index (χ1n) is 8.48.